The van der Waals surface area contributed by atoms with Gasteiger partial charge in [0.1, 0.15) is 0 Å². The molecule has 3 heteroatoms. The van der Waals surface area contributed by atoms with Crippen molar-refractivity contribution in [2.45, 2.75) is 13.5 Å². The van der Waals surface area contributed by atoms with E-state index in [4.69, 9.17) is 5.11 Å². The van der Waals surface area contributed by atoms with Crippen LogP contribution in [0.3, 0.4) is 0 Å². The van der Waals surface area contributed by atoms with Crippen LogP contribution in [-0.4, -0.2) is 11.0 Å². The van der Waals surface area contributed by atoms with Crippen molar-refractivity contribution in [2.24, 2.45) is 0 Å². The van der Waals surface area contributed by atoms with Gasteiger partial charge in [-0.3, -0.25) is 4.79 Å². The number of aryl methyl sites for hydroxylation is 1. The third kappa shape index (κ3) is 2.96. The zero-order valence-corrected chi connectivity index (χ0v) is 10.2. The number of benzene rings is 2. The number of carbonyl (C=O) groups excluding carboxylic acids is 1. The van der Waals surface area contributed by atoms with Gasteiger partial charge in [-0.05, 0) is 36.8 Å². The Hall–Kier alpha value is -2.13. The van der Waals surface area contributed by atoms with Crippen LogP contribution >= 0.6 is 0 Å². The minimum absolute atomic E-state index is 0.0140. The molecule has 1 amide bonds. The smallest absolute Gasteiger partial charge is 0.255 e. The van der Waals surface area contributed by atoms with Gasteiger partial charge in [0.15, 0.2) is 0 Å². The third-order valence-corrected chi connectivity index (χ3v) is 2.71. The number of carbonyl (C=O) groups is 1. The van der Waals surface area contributed by atoms with Crippen LogP contribution in [0.5, 0.6) is 0 Å². The molecule has 0 atom stereocenters. The normalized spacial score (nSPS) is 10.1. The number of hydrogen-bond acceptors (Lipinski definition) is 2. The minimum Gasteiger partial charge on any atom is -0.392 e. The van der Waals surface area contributed by atoms with E-state index in [0.717, 1.165) is 16.8 Å². The summed E-state index contributed by atoms with van der Waals surface area (Å²) in [6.07, 6.45) is 0. The molecule has 0 fully saturated rings. The van der Waals surface area contributed by atoms with E-state index in [9.17, 15) is 4.79 Å². The van der Waals surface area contributed by atoms with E-state index < -0.39 is 0 Å². The summed E-state index contributed by atoms with van der Waals surface area (Å²) in [5.41, 5.74) is 3.30. The lowest BCUT2D eigenvalue weighted by Crippen LogP contribution is -2.11. The Morgan fingerprint density at radius 3 is 2.22 bits per heavy atom. The summed E-state index contributed by atoms with van der Waals surface area (Å²) >= 11 is 0. The zero-order valence-electron chi connectivity index (χ0n) is 10.2. The predicted molar refractivity (Wildman–Crippen MR) is 71.5 cm³/mol. The number of nitrogens with one attached hydrogen (secondary N) is 1. The van der Waals surface area contributed by atoms with Crippen molar-refractivity contribution in [3.8, 4) is 0 Å². The van der Waals surface area contributed by atoms with Gasteiger partial charge in [-0.2, -0.15) is 0 Å². The lowest BCUT2D eigenvalue weighted by Gasteiger charge is -2.06. The Bertz CT molecular complexity index is 529. The molecule has 2 rings (SSSR count). The van der Waals surface area contributed by atoms with Crippen LogP contribution in [0, 0.1) is 6.92 Å². The molecular weight excluding hydrogens is 226 g/mol. The Morgan fingerprint density at radius 1 is 1.06 bits per heavy atom. The molecule has 3 nitrogen and oxygen atoms in total. The summed E-state index contributed by atoms with van der Waals surface area (Å²) in [5.74, 6) is -0.150. The lowest BCUT2D eigenvalue weighted by molar-refractivity contribution is 0.102. The summed E-state index contributed by atoms with van der Waals surface area (Å²) in [6, 6.07) is 14.5. The molecule has 0 spiro atoms. The fourth-order valence-corrected chi connectivity index (χ4v) is 1.60. The highest BCUT2D eigenvalue weighted by Gasteiger charge is 2.05. The van der Waals surface area contributed by atoms with Crippen molar-refractivity contribution >= 4 is 11.6 Å². The maximum atomic E-state index is 11.9. The van der Waals surface area contributed by atoms with Gasteiger partial charge in [0, 0.05) is 11.3 Å². The molecule has 0 saturated carbocycles. The van der Waals surface area contributed by atoms with Crippen molar-refractivity contribution in [2.75, 3.05) is 5.32 Å². The monoisotopic (exact) mass is 241 g/mol. The Balaban J connectivity index is 2.09. The number of anilines is 1. The Morgan fingerprint density at radius 2 is 1.67 bits per heavy atom. The molecule has 0 saturated heterocycles. The quantitative estimate of drug-likeness (QED) is 0.868. The van der Waals surface area contributed by atoms with Crippen LogP contribution in [0.1, 0.15) is 21.5 Å². The second kappa shape index (κ2) is 5.47. The standard InChI is InChI=1S/C15H15NO2/c1-11-2-8-14(9-3-11)16-15(18)13-6-4-12(10-17)5-7-13/h2-9,17H,10H2,1H3,(H,16,18). The maximum Gasteiger partial charge on any atom is 0.255 e. The molecule has 18 heavy (non-hydrogen) atoms. The molecule has 0 radical (unpaired) electrons. The molecular formula is C15H15NO2. The summed E-state index contributed by atoms with van der Waals surface area (Å²) in [5, 5.41) is 11.7. The lowest BCUT2D eigenvalue weighted by atomic mass is 10.1. The first-order valence-corrected chi connectivity index (χ1v) is 5.77. The Labute approximate surface area is 106 Å². The number of aliphatic hydroxyl groups is 1. The molecule has 2 aromatic carbocycles. The minimum atomic E-state index is -0.150. The SMILES string of the molecule is Cc1ccc(NC(=O)c2ccc(CO)cc2)cc1. The molecule has 2 N–H and O–H groups in total. The van der Waals surface area contributed by atoms with Gasteiger partial charge >= 0.3 is 0 Å². The average molecular weight is 241 g/mol. The molecule has 0 heterocycles. The van der Waals surface area contributed by atoms with E-state index in [1.54, 1.807) is 24.3 Å². The fourth-order valence-electron chi connectivity index (χ4n) is 1.60. The number of hydrogen-bond donors (Lipinski definition) is 2. The van der Waals surface area contributed by atoms with Gasteiger partial charge in [-0.25, -0.2) is 0 Å². The maximum absolute atomic E-state index is 11.9. The first-order chi connectivity index (χ1) is 8.69. The van der Waals surface area contributed by atoms with Gasteiger partial charge in [-0.1, -0.05) is 29.8 Å². The van der Waals surface area contributed by atoms with Crippen LogP contribution in [0.2, 0.25) is 0 Å². The molecule has 0 bridgehead atoms. The van der Waals surface area contributed by atoms with Crippen LogP contribution in [0.4, 0.5) is 5.69 Å². The van der Waals surface area contributed by atoms with Crippen molar-refractivity contribution in [3.63, 3.8) is 0 Å². The highest BCUT2D eigenvalue weighted by molar-refractivity contribution is 6.04. The van der Waals surface area contributed by atoms with Crippen molar-refractivity contribution in [3.05, 3.63) is 65.2 Å². The van der Waals surface area contributed by atoms with E-state index >= 15 is 0 Å². The van der Waals surface area contributed by atoms with Crippen molar-refractivity contribution in [1.29, 1.82) is 0 Å². The van der Waals surface area contributed by atoms with E-state index in [-0.39, 0.29) is 12.5 Å². The summed E-state index contributed by atoms with van der Waals surface area (Å²) in [4.78, 5) is 11.9. The van der Waals surface area contributed by atoms with Crippen LogP contribution in [-0.2, 0) is 6.61 Å². The van der Waals surface area contributed by atoms with Crippen LogP contribution < -0.4 is 5.32 Å². The van der Waals surface area contributed by atoms with Gasteiger partial charge in [0.2, 0.25) is 0 Å². The van der Waals surface area contributed by atoms with Gasteiger partial charge in [-0.15, -0.1) is 0 Å². The van der Waals surface area contributed by atoms with E-state index in [0.29, 0.717) is 5.56 Å². The van der Waals surface area contributed by atoms with Gasteiger partial charge in [0.05, 0.1) is 6.61 Å². The third-order valence-electron chi connectivity index (χ3n) is 2.71. The van der Waals surface area contributed by atoms with Gasteiger partial charge in [0.25, 0.3) is 5.91 Å². The fraction of sp³-hybridized carbons (Fsp3) is 0.133. The zero-order chi connectivity index (χ0) is 13.0. The van der Waals surface area contributed by atoms with E-state index in [2.05, 4.69) is 5.32 Å². The topological polar surface area (TPSA) is 49.3 Å². The second-order valence-electron chi connectivity index (χ2n) is 4.18. The summed E-state index contributed by atoms with van der Waals surface area (Å²) in [7, 11) is 0. The molecule has 0 aliphatic heterocycles. The molecule has 92 valence electrons. The number of rotatable bonds is 3. The number of aliphatic hydroxyl groups excluding tert-OH is 1. The van der Waals surface area contributed by atoms with Crippen molar-refractivity contribution < 1.29 is 9.90 Å². The molecule has 0 aliphatic rings. The van der Waals surface area contributed by atoms with Gasteiger partial charge < -0.3 is 10.4 Å². The Kier molecular flexibility index (Phi) is 3.75. The highest BCUT2D eigenvalue weighted by Crippen LogP contribution is 2.11. The van der Waals surface area contributed by atoms with Crippen LogP contribution in [0.25, 0.3) is 0 Å². The van der Waals surface area contributed by atoms with Crippen molar-refractivity contribution in [1.82, 2.24) is 0 Å². The van der Waals surface area contributed by atoms with E-state index in [1.807, 2.05) is 31.2 Å². The molecule has 0 aromatic heterocycles. The average Bonchev–Trinajstić information content (AvgIpc) is 2.41. The summed E-state index contributed by atoms with van der Waals surface area (Å²) in [6.45, 7) is 1.99. The highest BCUT2D eigenvalue weighted by atomic mass is 16.3. The summed E-state index contributed by atoms with van der Waals surface area (Å²) < 4.78 is 0. The largest absolute Gasteiger partial charge is 0.392 e. The van der Waals surface area contributed by atoms with E-state index in [1.165, 1.54) is 0 Å². The number of amides is 1. The molecule has 2 aromatic rings. The first-order valence-electron chi connectivity index (χ1n) is 5.77. The first kappa shape index (κ1) is 12.3. The van der Waals surface area contributed by atoms with Crippen LogP contribution in [0.15, 0.2) is 48.5 Å². The molecule has 0 unspecified atom stereocenters. The molecule has 0 aliphatic carbocycles. The second-order valence-corrected chi connectivity index (χ2v) is 4.18. The predicted octanol–water partition coefficient (Wildman–Crippen LogP) is 2.74.